The van der Waals surface area contributed by atoms with E-state index in [9.17, 15) is 4.79 Å². The number of hydrogen-bond acceptors (Lipinski definition) is 4. The van der Waals surface area contributed by atoms with Gasteiger partial charge in [0.2, 0.25) is 0 Å². The highest BCUT2D eigenvalue weighted by Gasteiger charge is 2.13. The molecule has 0 bridgehead atoms. The van der Waals surface area contributed by atoms with Gasteiger partial charge >= 0.3 is 0 Å². The maximum absolute atomic E-state index is 12.3. The topological polar surface area (TPSA) is 51.2 Å². The summed E-state index contributed by atoms with van der Waals surface area (Å²) in [5, 5.41) is 3.75. The Bertz CT molecular complexity index is 612. The van der Waals surface area contributed by atoms with Crippen molar-refractivity contribution in [3.8, 4) is 5.75 Å². The van der Waals surface area contributed by atoms with Gasteiger partial charge in [-0.2, -0.15) is 0 Å². The first-order valence-corrected chi connectivity index (χ1v) is 7.89. The van der Waals surface area contributed by atoms with Crippen LogP contribution in [0, 0.1) is 0 Å². The minimum absolute atomic E-state index is 0.0153. The van der Waals surface area contributed by atoms with Gasteiger partial charge in [-0.1, -0.05) is 12.1 Å². The van der Waals surface area contributed by atoms with Gasteiger partial charge in [-0.15, -0.1) is 11.8 Å². The first-order chi connectivity index (χ1) is 10.1. The predicted molar refractivity (Wildman–Crippen MR) is 86.2 cm³/mol. The molecule has 1 amide bonds. The zero-order chi connectivity index (χ0) is 15.2. The normalized spacial score (nSPS) is 10.5. The molecular formula is C16H18N2O2S. The molecule has 2 aromatic rings. The molecule has 0 unspecified atom stereocenters. The number of pyridine rings is 1. The Kier molecular flexibility index (Phi) is 5.22. The van der Waals surface area contributed by atoms with Crippen LogP contribution >= 0.6 is 11.8 Å². The number of aromatic nitrogens is 1. The lowest BCUT2D eigenvalue weighted by Gasteiger charge is -2.14. The number of nitrogens with one attached hydrogen (secondary N) is 1. The van der Waals surface area contributed by atoms with E-state index >= 15 is 0 Å². The van der Waals surface area contributed by atoms with E-state index < -0.39 is 0 Å². The third-order valence-corrected chi connectivity index (χ3v) is 3.36. The number of amides is 1. The Hall–Kier alpha value is -2.01. The average molecular weight is 302 g/mol. The lowest BCUT2D eigenvalue weighted by molar-refractivity contribution is 0.102. The van der Waals surface area contributed by atoms with E-state index in [1.165, 1.54) is 0 Å². The molecular weight excluding hydrogens is 284 g/mol. The van der Waals surface area contributed by atoms with Crippen LogP contribution in [0.25, 0.3) is 0 Å². The Morgan fingerprint density at radius 1 is 1.24 bits per heavy atom. The predicted octanol–water partition coefficient (Wildman–Crippen LogP) is 3.84. The quantitative estimate of drug-likeness (QED) is 0.853. The molecule has 1 aromatic heterocycles. The van der Waals surface area contributed by atoms with Crippen molar-refractivity contribution in [2.45, 2.75) is 25.0 Å². The molecule has 110 valence electrons. The van der Waals surface area contributed by atoms with Crippen LogP contribution in [0.5, 0.6) is 5.75 Å². The van der Waals surface area contributed by atoms with Crippen LogP contribution in [0.4, 0.5) is 5.69 Å². The number of hydrogen-bond donors (Lipinski definition) is 1. The lowest BCUT2D eigenvalue weighted by atomic mass is 10.2. The van der Waals surface area contributed by atoms with Crippen LogP contribution in [-0.2, 0) is 0 Å². The van der Waals surface area contributed by atoms with Crippen LogP contribution in [0.2, 0.25) is 0 Å². The van der Waals surface area contributed by atoms with Crippen molar-refractivity contribution in [3.63, 3.8) is 0 Å². The third kappa shape index (κ3) is 4.23. The van der Waals surface area contributed by atoms with Crippen LogP contribution in [0.15, 0.2) is 47.6 Å². The molecule has 0 radical (unpaired) electrons. The minimum Gasteiger partial charge on any atom is -0.490 e. The number of carbonyl (C=O) groups excluding carboxylic acids is 1. The third-order valence-electron chi connectivity index (χ3n) is 2.70. The molecule has 1 heterocycles. The zero-order valence-electron chi connectivity index (χ0n) is 12.3. The fraction of sp³-hybridized carbons (Fsp3) is 0.250. The van der Waals surface area contributed by atoms with Crippen molar-refractivity contribution in [3.05, 3.63) is 48.2 Å². The highest BCUT2D eigenvalue weighted by Crippen LogP contribution is 2.21. The first-order valence-electron chi connectivity index (χ1n) is 6.67. The number of para-hydroxylation sites is 1. The molecule has 0 spiro atoms. The summed E-state index contributed by atoms with van der Waals surface area (Å²) < 4.78 is 5.66. The maximum Gasteiger partial charge on any atom is 0.259 e. The van der Waals surface area contributed by atoms with Crippen molar-refractivity contribution < 1.29 is 9.53 Å². The summed E-state index contributed by atoms with van der Waals surface area (Å²) in [6, 6.07) is 10.9. The van der Waals surface area contributed by atoms with E-state index in [1.807, 2.05) is 44.4 Å². The van der Waals surface area contributed by atoms with Gasteiger partial charge in [-0.25, -0.2) is 4.98 Å². The molecule has 0 aliphatic heterocycles. The number of benzene rings is 1. The van der Waals surface area contributed by atoms with E-state index in [-0.39, 0.29) is 12.0 Å². The molecule has 0 saturated heterocycles. The molecule has 0 saturated carbocycles. The summed E-state index contributed by atoms with van der Waals surface area (Å²) in [6.45, 7) is 3.86. The van der Waals surface area contributed by atoms with Crippen molar-refractivity contribution in [2.75, 3.05) is 11.6 Å². The SMILES string of the molecule is CSc1ccc(NC(=O)c2ccccc2OC(C)C)cn1. The van der Waals surface area contributed by atoms with E-state index in [1.54, 1.807) is 30.1 Å². The van der Waals surface area contributed by atoms with E-state index in [0.29, 0.717) is 17.0 Å². The van der Waals surface area contributed by atoms with Crippen molar-refractivity contribution in [2.24, 2.45) is 0 Å². The van der Waals surface area contributed by atoms with E-state index in [2.05, 4.69) is 10.3 Å². The fourth-order valence-electron chi connectivity index (χ4n) is 1.78. The maximum atomic E-state index is 12.3. The summed E-state index contributed by atoms with van der Waals surface area (Å²) in [5.74, 6) is 0.378. The molecule has 1 N–H and O–H groups in total. The Morgan fingerprint density at radius 2 is 2.00 bits per heavy atom. The fourth-order valence-corrected chi connectivity index (χ4v) is 2.15. The number of carbonyl (C=O) groups is 1. The van der Waals surface area contributed by atoms with Crippen molar-refractivity contribution in [1.82, 2.24) is 4.98 Å². The molecule has 0 aliphatic carbocycles. The molecule has 1 aromatic carbocycles. The molecule has 0 fully saturated rings. The molecule has 21 heavy (non-hydrogen) atoms. The summed E-state index contributed by atoms with van der Waals surface area (Å²) >= 11 is 1.56. The van der Waals surface area contributed by atoms with Gasteiger partial charge in [0.05, 0.1) is 28.6 Å². The second kappa shape index (κ2) is 7.13. The van der Waals surface area contributed by atoms with Gasteiger partial charge in [0.1, 0.15) is 5.75 Å². The second-order valence-electron chi connectivity index (χ2n) is 4.71. The van der Waals surface area contributed by atoms with Crippen LogP contribution < -0.4 is 10.1 Å². The van der Waals surface area contributed by atoms with Crippen LogP contribution in [0.3, 0.4) is 0 Å². The second-order valence-corrected chi connectivity index (χ2v) is 5.53. The van der Waals surface area contributed by atoms with Gasteiger partial charge in [0, 0.05) is 0 Å². The highest BCUT2D eigenvalue weighted by atomic mass is 32.2. The average Bonchev–Trinajstić information content (AvgIpc) is 2.48. The standard InChI is InChI=1S/C16H18N2O2S/c1-11(2)20-14-7-5-4-6-13(14)16(19)18-12-8-9-15(21-3)17-10-12/h4-11H,1-3H3,(H,18,19). The summed E-state index contributed by atoms with van der Waals surface area (Å²) in [4.78, 5) is 16.6. The lowest BCUT2D eigenvalue weighted by Crippen LogP contribution is -2.15. The summed E-state index contributed by atoms with van der Waals surface area (Å²) in [7, 11) is 0. The highest BCUT2D eigenvalue weighted by molar-refractivity contribution is 7.98. The number of nitrogens with zero attached hydrogens (tertiary/aromatic N) is 1. The number of anilines is 1. The Labute approximate surface area is 128 Å². The minimum atomic E-state index is -0.204. The Balaban J connectivity index is 2.16. The van der Waals surface area contributed by atoms with Crippen LogP contribution in [0.1, 0.15) is 24.2 Å². The van der Waals surface area contributed by atoms with Gasteiger partial charge in [0.15, 0.2) is 0 Å². The Morgan fingerprint density at radius 3 is 2.62 bits per heavy atom. The smallest absolute Gasteiger partial charge is 0.259 e. The first kappa shape index (κ1) is 15.4. The van der Waals surface area contributed by atoms with Gasteiger partial charge in [-0.05, 0) is 44.4 Å². The molecule has 0 aliphatic rings. The van der Waals surface area contributed by atoms with E-state index in [0.717, 1.165) is 5.03 Å². The summed E-state index contributed by atoms with van der Waals surface area (Å²) in [6.07, 6.45) is 3.62. The van der Waals surface area contributed by atoms with Crippen molar-refractivity contribution >= 4 is 23.4 Å². The zero-order valence-corrected chi connectivity index (χ0v) is 13.1. The number of ether oxygens (including phenoxy) is 1. The van der Waals surface area contributed by atoms with Gasteiger partial charge in [-0.3, -0.25) is 4.79 Å². The molecule has 0 atom stereocenters. The van der Waals surface area contributed by atoms with E-state index in [4.69, 9.17) is 4.74 Å². The largest absolute Gasteiger partial charge is 0.490 e. The molecule has 4 nitrogen and oxygen atoms in total. The number of rotatable bonds is 5. The monoisotopic (exact) mass is 302 g/mol. The van der Waals surface area contributed by atoms with Crippen molar-refractivity contribution in [1.29, 1.82) is 0 Å². The molecule has 5 heteroatoms. The van der Waals surface area contributed by atoms with Gasteiger partial charge in [0.25, 0.3) is 5.91 Å². The summed E-state index contributed by atoms with van der Waals surface area (Å²) in [5.41, 5.74) is 1.18. The van der Waals surface area contributed by atoms with Gasteiger partial charge < -0.3 is 10.1 Å². The number of thioether (sulfide) groups is 1. The molecule has 2 rings (SSSR count). The van der Waals surface area contributed by atoms with Crippen LogP contribution in [-0.4, -0.2) is 23.3 Å².